The second-order valence-corrected chi connectivity index (χ2v) is 2.88. The van der Waals surface area contributed by atoms with Crippen LogP contribution in [0.1, 0.15) is 13.8 Å². The molecule has 1 fully saturated rings. The van der Waals surface area contributed by atoms with Gasteiger partial charge in [0.1, 0.15) is 0 Å². The summed E-state index contributed by atoms with van der Waals surface area (Å²) < 4.78 is 0. The first-order valence-corrected chi connectivity index (χ1v) is 3.72. The van der Waals surface area contributed by atoms with Gasteiger partial charge in [-0.05, 0) is 0 Å². The van der Waals surface area contributed by atoms with Crippen molar-refractivity contribution in [1.29, 1.82) is 0 Å². The highest BCUT2D eigenvalue weighted by Crippen LogP contribution is 2.04. The summed E-state index contributed by atoms with van der Waals surface area (Å²) in [6, 6.07) is -0.260. The van der Waals surface area contributed by atoms with Crippen molar-refractivity contribution in [3.8, 4) is 0 Å². The summed E-state index contributed by atoms with van der Waals surface area (Å²) in [5.41, 5.74) is 0. The minimum Gasteiger partial charge on any atom is -0.336 e. The van der Waals surface area contributed by atoms with Crippen molar-refractivity contribution in [2.24, 2.45) is 5.92 Å². The summed E-state index contributed by atoms with van der Waals surface area (Å²) in [5.74, 6) is -0.196. The van der Waals surface area contributed by atoms with Crippen LogP contribution in [-0.4, -0.2) is 29.9 Å². The first kappa shape index (κ1) is 8.04. The van der Waals surface area contributed by atoms with Gasteiger partial charge in [0.25, 0.3) is 0 Å². The Morgan fingerprint density at radius 3 is 2.64 bits per heavy atom. The minimum absolute atomic E-state index is 0.0972. The lowest BCUT2D eigenvalue weighted by Gasteiger charge is -2.13. The Morgan fingerprint density at radius 1 is 1.64 bits per heavy atom. The molecule has 1 saturated heterocycles. The average molecular weight is 156 g/mol. The molecule has 0 spiro atoms. The van der Waals surface area contributed by atoms with E-state index in [1.54, 1.807) is 13.8 Å². The van der Waals surface area contributed by atoms with Gasteiger partial charge in [0, 0.05) is 19.0 Å². The van der Waals surface area contributed by atoms with E-state index in [1.807, 2.05) is 0 Å². The van der Waals surface area contributed by atoms with Crippen LogP contribution in [0.15, 0.2) is 0 Å². The molecule has 0 bridgehead atoms. The van der Waals surface area contributed by atoms with Crippen LogP contribution in [0.5, 0.6) is 0 Å². The number of imide groups is 1. The van der Waals surface area contributed by atoms with Gasteiger partial charge in [-0.1, -0.05) is 13.8 Å². The Balaban J connectivity index is 2.60. The third kappa shape index (κ3) is 1.50. The molecule has 0 saturated carbocycles. The molecule has 1 rings (SSSR count). The molecule has 0 radical (unpaired) electrons. The summed E-state index contributed by atoms with van der Waals surface area (Å²) in [5, 5.41) is 2.57. The third-order valence-corrected chi connectivity index (χ3v) is 1.62. The first-order chi connectivity index (χ1) is 5.13. The van der Waals surface area contributed by atoms with E-state index in [4.69, 9.17) is 0 Å². The SMILES string of the molecule is CC(C)C(=O)N1CCNC1=O. The highest BCUT2D eigenvalue weighted by molar-refractivity contribution is 5.96. The van der Waals surface area contributed by atoms with Crippen LogP contribution in [-0.2, 0) is 4.79 Å². The standard InChI is InChI=1S/C7H12N2O2/c1-5(2)6(10)9-4-3-8-7(9)11/h5H,3-4H2,1-2H3,(H,8,11). The molecule has 0 unspecified atom stereocenters. The van der Waals surface area contributed by atoms with Crippen molar-refractivity contribution in [2.75, 3.05) is 13.1 Å². The maximum absolute atomic E-state index is 11.2. The third-order valence-electron chi connectivity index (χ3n) is 1.62. The number of hydrogen-bond donors (Lipinski definition) is 1. The summed E-state index contributed by atoms with van der Waals surface area (Å²) >= 11 is 0. The van der Waals surface area contributed by atoms with E-state index in [9.17, 15) is 9.59 Å². The zero-order chi connectivity index (χ0) is 8.43. The van der Waals surface area contributed by atoms with Gasteiger partial charge in [-0.3, -0.25) is 9.69 Å². The van der Waals surface area contributed by atoms with Crippen molar-refractivity contribution in [3.63, 3.8) is 0 Å². The summed E-state index contributed by atoms with van der Waals surface area (Å²) in [7, 11) is 0. The van der Waals surface area contributed by atoms with Crippen LogP contribution in [0.3, 0.4) is 0 Å². The second kappa shape index (κ2) is 2.90. The lowest BCUT2D eigenvalue weighted by atomic mass is 10.2. The fourth-order valence-electron chi connectivity index (χ4n) is 0.994. The number of carbonyl (C=O) groups excluding carboxylic acids is 2. The normalized spacial score (nSPS) is 17.4. The van der Waals surface area contributed by atoms with Gasteiger partial charge < -0.3 is 5.32 Å². The number of amides is 3. The van der Waals surface area contributed by atoms with Crippen LogP contribution in [0, 0.1) is 5.92 Å². The van der Waals surface area contributed by atoms with E-state index in [-0.39, 0.29) is 17.9 Å². The van der Waals surface area contributed by atoms with Crippen molar-refractivity contribution in [2.45, 2.75) is 13.8 Å². The van der Waals surface area contributed by atoms with Crippen LogP contribution in [0.2, 0.25) is 0 Å². The lowest BCUT2D eigenvalue weighted by Crippen LogP contribution is -2.36. The second-order valence-electron chi connectivity index (χ2n) is 2.88. The Morgan fingerprint density at radius 2 is 2.27 bits per heavy atom. The average Bonchev–Trinajstić information content (AvgIpc) is 2.33. The topological polar surface area (TPSA) is 49.4 Å². The molecule has 11 heavy (non-hydrogen) atoms. The van der Waals surface area contributed by atoms with Gasteiger partial charge in [-0.25, -0.2) is 4.79 Å². The molecule has 1 heterocycles. The molecule has 0 aliphatic carbocycles. The minimum atomic E-state index is -0.260. The van der Waals surface area contributed by atoms with Crippen LogP contribution < -0.4 is 5.32 Å². The highest BCUT2D eigenvalue weighted by Gasteiger charge is 2.27. The molecule has 1 aliphatic rings. The molecular formula is C7H12N2O2. The Hall–Kier alpha value is -1.06. The van der Waals surface area contributed by atoms with Gasteiger partial charge in [0.05, 0.1) is 0 Å². The van der Waals surface area contributed by atoms with Crippen LogP contribution in [0.4, 0.5) is 4.79 Å². The zero-order valence-electron chi connectivity index (χ0n) is 6.76. The van der Waals surface area contributed by atoms with E-state index in [0.29, 0.717) is 13.1 Å². The summed E-state index contributed by atoms with van der Waals surface area (Å²) in [6.07, 6.45) is 0. The lowest BCUT2D eigenvalue weighted by molar-refractivity contribution is -0.130. The quantitative estimate of drug-likeness (QED) is 0.589. The van der Waals surface area contributed by atoms with Crippen molar-refractivity contribution >= 4 is 11.9 Å². The molecule has 0 aromatic heterocycles. The largest absolute Gasteiger partial charge is 0.336 e. The predicted molar refractivity (Wildman–Crippen MR) is 39.9 cm³/mol. The summed E-state index contributed by atoms with van der Waals surface area (Å²) in [4.78, 5) is 23.4. The molecule has 0 aromatic carbocycles. The molecule has 3 amide bonds. The van der Waals surface area contributed by atoms with Gasteiger partial charge in [-0.2, -0.15) is 0 Å². The predicted octanol–water partition coefficient (Wildman–Crippen LogP) is 0.194. The number of nitrogens with zero attached hydrogens (tertiary/aromatic N) is 1. The van der Waals surface area contributed by atoms with Crippen molar-refractivity contribution in [1.82, 2.24) is 10.2 Å². The maximum Gasteiger partial charge on any atom is 0.324 e. The molecule has 1 aliphatic heterocycles. The molecule has 62 valence electrons. The Bertz CT molecular complexity index is 189. The van der Waals surface area contributed by atoms with Crippen LogP contribution >= 0.6 is 0 Å². The summed E-state index contributed by atoms with van der Waals surface area (Å²) in [6.45, 7) is 4.66. The Kier molecular flexibility index (Phi) is 2.12. The maximum atomic E-state index is 11.2. The molecule has 0 aromatic rings. The number of nitrogens with one attached hydrogen (secondary N) is 1. The van der Waals surface area contributed by atoms with E-state index in [2.05, 4.69) is 5.32 Å². The van der Waals surface area contributed by atoms with Gasteiger partial charge in [-0.15, -0.1) is 0 Å². The zero-order valence-corrected chi connectivity index (χ0v) is 6.76. The molecule has 4 nitrogen and oxygen atoms in total. The number of carbonyl (C=O) groups is 2. The Labute approximate surface area is 65.6 Å². The number of hydrogen-bond acceptors (Lipinski definition) is 2. The highest BCUT2D eigenvalue weighted by atomic mass is 16.2. The monoisotopic (exact) mass is 156 g/mol. The number of urea groups is 1. The molecule has 1 N–H and O–H groups in total. The van der Waals surface area contributed by atoms with E-state index < -0.39 is 0 Å². The van der Waals surface area contributed by atoms with Crippen molar-refractivity contribution < 1.29 is 9.59 Å². The molecule has 0 atom stereocenters. The molecule has 4 heteroatoms. The smallest absolute Gasteiger partial charge is 0.324 e. The fraction of sp³-hybridized carbons (Fsp3) is 0.714. The van der Waals surface area contributed by atoms with E-state index >= 15 is 0 Å². The molecular weight excluding hydrogens is 144 g/mol. The van der Waals surface area contributed by atoms with E-state index in [1.165, 1.54) is 4.90 Å². The van der Waals surface area contributed by atoms with Crippen LogP contribution in [0.25, 0.3) is 0 Å². The van der Waals surface area contributed by atoms with Gasteiger partial charge >= 0.3 is 6.03 Å². The first-order valence-electron chi connectivity index (χ1n) is 3.72. The van der Waals surface area contributed by atoms with E-state index in [0.717, 1.165) is 0 Å². The van der Waals surface area contributed by atoms with Gasteiger partial charge in [0.15, 0.2) is 0 Å². The number of rotatable bonds is 1. The fourth-order valence-corrected chi connectivity index (χ4v) is 0.994. The van der Waals surface area contributed by atoms with Crippen molar-refractivity contribution in [3.05, 3.63) is 0 Å². The van der Waals surface area contributed by atoms with Gasteiger partial charge in [0.2, 0.25) is 5.91 Å².